The standard InChI is InChI=1S/C19H19N5O4/c1-22-11-20-16-15(22)17(25)24(19(27)23(16)2)8-5-9-28-18(26)14-10-12-6-3-4-7-13(12)21-14/h3-4,6-7,10-11,21H,5,8-9H2,1-2H3. The van der Waals surface area contributed by atoms with Gasteiger partial charge in [0.05, 0.1) is 12.9 Å². The van der Waals surface area contributed by atoms with E-state index in [1.54, 1.807) is 24.7 Å². The summed E-state index contributed by atoms with van der Waals surface area (Å²) < 4.78 is 9.34. The van der Waals surface area contributed by atoms with Crippen molar-refractivity contribution in [3.8, 4) is 0 Å². The van der Waals surface area contributed by atoms with Crippen molar-refractivity contribution in [1.82, 2.24) is 23.7 Å². The molecule has 0 saturated carbocycles. The molecule has 0 spiro atoms. The SMILES string of the molecule is Cn1cnc2c1c(=O)n(CCCOC(=O)c1cc3ccccc3[nH]1)c(=O)n2C. The maximum atomic E-state index is 12.6. The highest BCUT2D eigenvalue weighted by Crippen LogP contribution is 2.15. The second kappa shape index (κ2) is 6.84. The number of aryl methyl sites for hydroxylation is 2. The molecule has 0 unspecified atom stereocenters. The lowest BCUT2D eigenvalue weighted by Crippen LogP contribution is -2.39. The lowest BCUT2D eigenvalue weighted by atomic mass is 10.2. The van der Waals surface area contributed by atoms with Crippen LogP contribution < -0.4 is 11.2 Å². The van der Waals surface area contributed by atoms with Crippen LogP contribution in [0.1, 0.15) is 16.9 Å². The number of nitrogens with one attached hydrogen (secondary N) is 1. The smallest absolute Gasteiger partial charge is 0.354 e. The predicted molar refractivity (Wildman–Crippen MR) is 103 cm³/mol. The molecule has 0 fully saturated rings. The molecule has 0 amide bonds. The van der Waals surface area contributed by atoms with Gasteiger partial charge in [0.2, 0.25) is 0 Å². The molecule has 0 bridgehead atoms. The summed E-state index contributed by atoms with van der Waals surface area (Å²) >= 11 is 0. The number of carbonyl (C=O) groups excluding carboxylic acids is 1. The van der Waals surface area contributed by atoms with Crippen LogP contribution in [0.4, 0.5) is 0 Å². The van der Waals surface area contributed by atoms with Crippen molar-refractivity contribution in [2.45, 2.75) is 13.0 Å². The van der Waals surface area contributed by atoms with Gasteiger partial charge in [0.1, 0.15) is 5.69 Å². The summed E-state index contributed by atoms with van der Waals surface area (Å²) in [7, 11) is 3.28. The number of imidazole rings is 1. The third-order valence-corrected chi connectivity index (χ3v) is 4.71. The third-order valence-electron chi connectivity index (χ3n) is 4.71. The Morgan fingerprint density at radius 2 is 2.00 bits per heavy atom. The number of H-pyrrole nitrogens is 1. The van der Waals surface area contributed by atoms with Crippen LogP contribution in [-0.2, 0) is 25.4 Å². The van der Waals surface area contributed by atoms with E-state index >= 15 is 0 Å². The molecule has 4 aromatic rings. The van der Waals surface area contributed by atoms with Gasteiger partial charge in [-0.1, -0.05) is 18.2 Å². The lowest BCUT2D eigenvalue weighted by Gasteiger charge is -2.09. The number of hydrogen-bond donors (Lipinski definition) is 1. The zero-order valence-electron chi connectivity index (χ0n) is 15.5. The molecular weight excluding hydrogens is 362 g/mol. The van der Waals surface area contributed by atoms with Gasteiger partial charge >= 0.3 is 11.7 Å². The molecule has 0 atom stereocenters. The molecule has 1 aromatic carbocycles. The highest BCUT2D eigenvalue weighted by atomic mass is 16.5. The van der Waals surface area contributed by atoms with Gasteiger partial charge in [-0.3, -0.25) is 13.9 Å². The Kier molecular flexibility index (Phi) is 4.34. The molecule has 3 heterocycles. The summed E-state index contributed by atoms with van der Waals surface area (Å²) in [4.78, 5) is 44.3. The van der Waals surface area contributed by atoms with E-state index in [4.69, 9.17) is 4.74 Å². The first kappa shape index (κ1) is 17.8. The summed E-state index contributed by atoms with van der Waals surface area (Å²) in [5.41, 5.74) is 1.08. The van der Waals surface area contributed by atoms with Gasteiger partial charge in [-0.05, 0) is 18.6 Å². The summed E-state index contributed by atoms with van der Waals surface area (Å²) in [5, 5.41) is 0.925. The average Bonchev–Trinajstić information content (AvgIpc) is 3.29. The van der Waals surface area contributed by atoms with E-state index in [0.29, 0.717) is 23.3 Å². The quantitative estimate of drug-likeness (QED) is 0.413. The minimum Gasteiger partial charge on any atom is -0.461 e. The minimum atomic E-state index is -0.474. The van der Waals surface area contributed by atoms with Crippen LogP contribution in [0.2, 0.25) is 0 Å². The average molecular weight is 381 g/mol. The first-order valence-corrected chi connectivity index (χ1v) is 8.83. The Hall–Kier alpha value is -3.62. The van der Waals surface area contributed by atoms with Gasteiger partial charge < -0.3 is 14.3 Å². The van der Waals surface area contributed by atoms with Crippen molar-refractivity contribution in [2.75, 3.05) is 6.61 Å². The Morgan fingerprint density at radius 1 is 1.21 bits per heavy atom. The van der Waals surface area contributed by atoms with Crippen LogP contribution >= 0.6 is 0 Å². The summed E-state index contributed by atoms with van der Waals surface area (Å²) in [5.74, 6) is -0.474. The van der Waals surface area contributed by atoms with E-state index in [0.717, 1.165) is 15.5 Å². The monoisotopic (exact) mass is 381 g/mol. The lowest BCUT2D eigenvalue weighted by molar-refractivity contribution is 0.0489. The first-order chi connectivity index (χ1) is 13.5. The van der Waals surface area contributed by atoms with Crippen molar-refractivity contribution in [3.05, 3.63) is 63.2 Å². The zero-order chi connectivity index (χ0) is 19.8. The fourth-order valence-corrected chi connectivity index (χ4v) is 3.24. The molecule has 0 aliphatic heterocycles. The van der Waals surface area contributed by atoms with E-state index in [1.807, 2.05) is 24.3 Å². The maximum Gasteiger partial charge on any atom is 0.354 e. The number of nitrogens with zero attached hydrogens (tertiary/aromatic N) is 4. The Bertz CT molecular complexity index is 1270. The Balaban J connectivity index is 1.45. The van der Waals surface area contributed by atoms with Crippen molar-refractivity contribution in [2.24, 2.45) is 14.1 Å². The number of benzene rings is 1. The molecule has 3 aromatic heterocycles. The van der Waals surface area contributed by atoms with Crippen LogP contribution in [-0.4, -0.2) is 36.2 Å². The second-order valence-electron chi connectivity index (χ2n) is 6.59. The number of para-hydroxylation sites is 1. The zero-order valence-corrected chi connectivity index (χ0v) is 15.5. The molecule has 9 heteroatoms. The first-order valence-electron chi connectivity index (χ1n) is 8.83. The van der Waals surface area contributed by atoms with E-state index in [2.05, 4.69) is 9.97 Å². The van der Waals surface area contributed by atoms with Crippen molar-refractivity contribution < 1.29 is 9.53 Å². The maximum absolute atomic E-state index is 12.6. The molecule has 28 heavy (non-hydrogen) atoms. The van der Waals surface area contributed by atoms with E-state index in [-0.39, 0.29) is 13.2 Å². The van der Waals surface area contributed by atoms with Gasteiger partial charge in [0.25, 0.3) is 5.56 Å². The normalized spacial score (nSPS) is 11.4. The van der Waals surface area contributed by atoms with Gasteiger partial charge in [-0.15, -0.1) is 0 Å². The molecule has 1 N–H and O–H groups in total. The summed E-state index contributed by atoms with van der Waals surface area (Å²) in [6.45, 7) is 0.236. The predicted octanol–water partition coefficient (Wildman–Crippen LogP) is 1.16. The third kappa shape index (κ3) is 2.90. The fraction of sp³-hybridized carbons (Fsp3) is 0.263. The van der Waals surface area contributed by atoms with Crippen molar-refractivity contribution in [3.63, 3.8) is 0 Å². The molecule has 0 saturated heterocycles. The van der Waals surface area contributed by atoms with Crippen molar-refractivity contribution in [1.29, 1.82) is 0 Å². The van der Waals surface area contributed by atoms with Crippen LogP contribution in [0.3, 0.4) is 0 Å². The van der Waals surface area contributed by atoms with Gasteiger partial charge in [-0.25, -0.2) is 14.6 Å². The molecule has 9 nitrogen and oxygen atoms in total. The topological polar surface area (TPSA) is 104 Å². The van der Waals surface area contributed by atoms with Gasteiger partial charge in [0.15, 0.2) is 11.2 Å². The van der Waals surface area contributed by atoms with Crippen LogP contribution in [0.5, 0.6) is 0 Å². The highest BCUT2D eigenvalue weighted by molar-refractivity contribution is 5.94. The fourth-order valence-electron chi connectivity index (χ4n) is 3.24. The van der Waals surface area contributed by atoms with Crippen LogP contribution in [0.15, 0.2) is 46.2 Å². The molecule has 0 radical (unpaired) electrons. The molecule has 0 aliphatic carbocycles. The van der Waals surface area contributed by atoms with Crippen LogP contribution in [0, 0.1) is 0 Å². The molecule has 4 rings (SSSR count). The number of aromatic nitrogens is 5. The number of esters is 1. The number of fused-ring (bicyclic) bond motifs is 2. The second-order valence-corrected chi connectivity index (χ2v) is 6.59. The minimum absolute atomic E-state index is 0.0905. The van der Waals surface area contributed by atoms with Crippen LogP contribution in [0.25, 0.3) is 22.1 Å². The van der Waals surface area contributed by atoms with Gasteiger partial charge in [-0.2, -0.15) is 0 Å². The van der Waals surface area contributed by atoms with E-state index < -0.39 is 17.2 Å². The molecular formula is C19H19N5O4. The van der Waals surface area contributed by atoms with Crippen molar-refractivity contribution >= 4 is 28.0 Å². The number of hydrogen-bond acceptors (Lipinski definition) is 5. The summed E-state index contributed by atoms with van der Waals surface area (Å²) in [6, 6.07) is 9.28. The Labute approximate surface area is 158 Å². The number of rotatable bonds is 5. The van der Waals surface area contributed by atoms with E-state index in [9.17, 15) is 14.4 Å². The number of aromatic amines is 1. The Morgan fingerprint density at radius 3 is 2.79 bits per heavy atom. The largest absolute Gasteiger partial charge is 0.461 e. The summed E-state index contributed by atoms with van der Waals surface area (Å²) in [6.07, 6.45) is 1.84. The molecule has 144 valence electrons. The van der Waals surface area contributed by atoms with Gasteiger partial charge in [0, 0.05) is 31.5 Å². The highest BCUT2D eigenvalue weighted by Gasteiger charge is 2.15. The number of carbonyl (C=O) groups is 1. The molecule has 0 aliphatic rings. The van der Waals surface area contributed by atoms with E-state index in [1.165, 1.54) is 10.9 Å². The number of ether oxygens (including phenoxy) is 1.